The van der Waals surface area contributed by atoms with Gasteiger partial charge in [0.15, 0.2) is 0 Å². The van der Waals surface area contributed by atoms with Crippen LogP contribution >= 0.6 is 11.8 Å². The lowest BCUT2D eigenvalue weighted by Gasteiger charge is -2.24. The molecule has 1 atom stereocenters. The Kier molecular flexibility index (Phi) is 7.22. The number of thioether (sulfide) groups is 1. The molecule has 0 fully saturated rings. The van der Waals surface area contributed by atoms with Crippen LogP contribution in [0.2, 0.25) is 0 Å². The van der Waals surface area contributed by atoms with E-state index in [0.29, 0.717) is 6.54 Å². The summed E-state index contributed by atoms with van der Waals surface area (Å²) in [5.74, 6) is -0.680. The van der Waals surface area contributed by atoms with Gasteiger partial charge in [0.2, 0.25) is 5.91 Å². The summed E-state index contributed by atoms with van der Waals surface area (Å²) in [6.45, 7) is 6.71. The minimum absolute atomic E-state index is 0.0941. The average molecular weight is 262 g/mol. The van der Waals surface area contributed by atoms with E-state index in [1.165, 1.54) is 14.0 Å². The molecule has 17 heavy (non-hydrogen) atoms. The number of rotatable bonds is 7. The Morgan fingerprint density at radius 2 is 2.00 bits per heavy atom. The van der Waals surface area contributed by atoms with Gasteiger partial charge in [-0.25, -0.2) is 4.79 Å². The summed E-state index contributed by atoms with van der Waals surface area (Å²) in [5.41, 5.74) is 0. The first kappa shape index (κ1) is 16.2. The highest BCUT2D eigenvalue weighted by Gasteiger charge is 2.21. The number of carbonyl (C=O) groups is 2. The van der Waals surface area contributed by atoms with E-state index in [-0.39, 0.29) is 10.7 Å². The third kappa shape index (κ3) is 7.23. The highest BCUT2D eigenvalue weighted by atomic mass is 32.2. The molecule has 0 aliphatic rings. The molecule has 0 radical (unpaired) electrons. The molecule has 5 nitrogen and oxygen atoms in total. The van der Waals surface area contributed by atoms with Gasteiger partial charge in [0, 0.05) is 24.8 Å². The molecule has 0 heterocycles. The minimum Gasteiger partial charge on any atom is -0.467 e. The van der Waals surface area contributed by atoms with Crippen molar-refractivity contribution in [1.29, 1.82) is 0 Å². The monoisotopic (exact) mass is 262 g/mol. The van der Waals surface area contributed by atoms with Gasteiger partial charge in [0.25, 0.3) is 0 Å². The van der Waals surface area contributed by atoms with Crippen molar-refractivity contribution in [2.75, 3.05) is 26.5 Å². The fourth-order valence-electron chi connectivity index (χ4n) is 1.17. The van der Waals surface area contributed by atoms with Crippen LogP contribution in [0.1, 0.15) is 20.8 Å². The molecule has 1 unspecified atom stereocenters. The smallest absolute Gasteiger partial charge is 0.329 e. The molecule has 6 heteroatoms. The van der Waals surface area contributed by atoms with Crippen molar-refractivity contribution in [3.8, 4) is 0 Å². The molecule has 0 aliphatic heterocycles. The molecule has 1 amide bonds. The van der Waals surface area contributed by atoms with Gasteiger partial charge in [0.1, 0.15) is 6.04 Å². The van der Waals surface area contributed by atoms with Crippen molar-refractivity contribution in [2.24, 2.45) is 0 Å². The van der Waals surface area contributed by atoms with E-state index in [0.717, 1.165) is 6.54 Å². The molecule has 100 valence electrons. The molecule has 0 saturated carbocycles. The van der Waals surface area contributed by atoms with Crippen LogP contribution in [0.4, 0.5) is 0 Å². The largest absolute Gasteiger partial charge is 0.467 e. The van der Waals surface area contributed by atoms with Gasteiger partial charge < -0.3 is 15.4 Å². The van der Waals surface area contributed by atoms with Gasteiger partial charge in [-0.15, -0.1) is 0 Å². The summed E-state index contributed by atoms with van der Waals surface area (Å²) in [6, 6.07) is -0.629. The molecule has 0 aromatic heterocycles. The molecule has 0 spiro atoms. The highest BCUT2D eigenvalue weighted by molar-refractivity contribution is 7.99. The predicted molar refractivity (Wildman–Crippen MR) is 70.1 cm³/mol. The lowest BCUT2D eigenvalue weighted by atomic mass is 10.2. The Hall–Kier alpha value is -0.750. The lowest BCUT2D eigenvalue weighted by Crippen LogP contribution is -2.48. The van der Waals surface area contributed by atoms with E-state index in [9.17, 15) is 9.59 Å². The molecular weight excluding hydrogens is 240 g/mol. The zero-order chi connectivity index (χ0) is 13.5. The SMILES string of the molecule is COC(=O)C(CNCC(C)(C)SC)NC(C)=O. The van der Waals surface area contributed by atoms with Gasteiger partial charge in [0.05, 0.1) is 7.11 Å². The van der Waals surface area contributed by atoms with Crippen LogP contribution < -0.4 is 10.6 Å². The lowest BCUT2D eigenvalue weighted by molar-refractivity contribution is -0.144. The number of hydrogen-bond donors (Lipinski definition) is 2. The maximum atomic E-state index is 11.4. The van der Waals surface area contributed by atoms with Gasteiger partial charge in [-0.2, -0.15) is 11.8 Å². The van der Waals surface area contributed by atoms with E-state index in [1.807, 2.05) is 6.26 Å². The topological polar surface area (TPSA) is 67.4 Å². The van der Waals surface area contributed by atoms with E-state index in [4.69, 9.17) is 0 Å². The molecule has 0 bridgehead atoms. The number of amides is 1. The summed E-state index contributed by atoms with van der Waals surface area (Å²) in [7, 11) is 1.31. The Morgan fingerprint density at radius 3 is 2.41 bits per heavy atom. The van der Waals surface area contributed by atoms with Crippen LogP contribution in [-0.4, -0.2) is 49.1 Å². The van der Waals surface area contributed by atoms with Crippen LogP contribution in [0.25, 0.3) is 0 Å². The van der Waals surface area contributed by atoms with Crippen LogP contribution in [-0.2, 0) is 14.3 Å². The molecule has 0 saturated heterocycles. The van der Waals surface area contributed by atoms with Crippen molar-refractivity contribution in [2.45, 2.75) is 31.6 Å². The number of ether oxygens (including phenoxy) is 1. The van der Waals surface area contributed by atoms with E-state index < -0.39 is 12.0 Å². The number of carbonyl (C=O) groups excluding carboxylic acids is 2. The summed E-state index contributed by atoms with van der Waals surface area (Å²) >= 11 is 1.74. The Bertz CT molecular complexity index is 269. The second-order valence-corrected chi connectivity index (χ2v) is 5.88. The van der Waals surface area contributed by atoms with Gasteiger partial charge in [-0.1, -0.05) is 0 Å². The Labute approximate surface area is 107 Å². The summed E-state index contributed by atoms with van der Waals surface area (Å²) in [4.78, 5) is 22.3. The van der Waals surface area contributed by atoms with Crippen LogP contribution in [0.15, 0.2) is 0 Å². The fraction of sp³-hybridized carbons (Fsp3) is 0.818. The second kappa shape index (κ2) is 7.55. The van der Waals surface area contributed by atoms with E-state index in [2.05, 4.69) is 29.2 Å². The summed E-state index contributed by atoms with van der Waals surface area (Å²) in [6.07, 6.45) is 2.04. The second-order valence-electron chi connectivity index (χ2n) is 4.37. The van der Waals surface area contributed by atoms with Crippen molar-refractivity contribution < 1.29 is 14.3 Å². The van der Waals surface area contributed by atoms with E-state index >= 15 is 0 Å². The van der Waals surface area contributed by atoms with Crippen LogP contribution in [0.3, 0.4) is 0 Å². The van der Waals surface area contributed by atoms with E-state index in [1.54, 1.807) is 11.8 Å². The molecule has 0 aromatic rings. The molecule has 0 aliphatic carbocycles. The first-order valence-corrected chi connectivity index (χ1v) is 6.65. The van der Waals surface area contributed by atoms with Gasteiger partial charge in [-0.05, 0) is 20.1 Å². The third-order valence-electron chi connectivity index (χ3n) is 2.31. The van der Waals surface area contributed by atoms with Crippen molar-refractivity contribution in [3.63, 3.8) is 0 Å². The first-order chi connectivity index (χ1) is 7.82. The quantitative estimate of drug-likeness (QED) is 0.650. The Morgan fingerprint density at radius 1 is 1.41 bits per heavy atom. The Balaban J connectivity index is 4.17. The first-order valence-electron chi connectivity index (χ1n) is 5.43. The standard InChI is InChI=1S/C11H22N2O3S/c1-8(14)13-9(10(15)16-4)6-12-7-11(2,3)17-5/h9,12H,6-7H2,1-5H3,(H,13,14). The van der Waals surface area contributed by atoms with Crippen LogP contribution in [0, 0.1) is 0 Å². The molecule has 0 aromatic carbocycles. The average Bonchev–Trinajstić information content (AvgIpc) is 2.26. The predicted octanol–water partition coefficient (Wildman–Crippen LogP) is 0.395. The van der Waals surface area contributed by atoms with Crippen molar-refractivity contribution in [3.05, 3.63) is 0 Å². The summed E-state index contributed by atoms with van der Waals surface area (Å²) < 4.78 is 4.72. The summed E-state index contributed by atoms with van der Waals surface area (Å²) in [5, 5.41) is 5.71. The number of methoxy groups -OCH3 is 1. The third-order valence-corrected chi connectivity index (χ3v) is 3.56. The zero-order valence-corrected chi connectivity index (χ0v) is 11.9. The normalized spacial score (nSPS) is 13.0. The molecule has 2 N–H and O–H groups in total. The molecular formula is C11H22N2O3S. The van der Waals surface area contributed by atoms with Crippen LogP contribution in [0.5, 0.6) is 0 Å². The van der Waals surface area contributed by atoms with Gasteiger partial charge in [-0.3, -0.25) is 4.79 Å². The maximum Gasteiger partial charge on any atom is 0.329 e. The fourth-order valence-corrected chi connectivity index (χ4v) is 1.42. The molecule has 0 rings (SSSR count). The number of nitrogens with one attached hydrogen (secondary N) is 2. The zero-order valence-electron chi connectivity index (χ0n) is 11.1. The number of hydrogen-bond acceptors (Lipinski definition) is 5. The van der Waals surface area contributed by atoms with Crippen molar-refractivity contribution in [1.82, 2.24) is 10.6 Å². The van der Waals surface area contributed by atoms with Gasteiger partial charge >= 0.3 is 5.97 Å². The van der Waals surface area contributed by atoms with Crippen molar-refractivity contribution >= 4 is 23.6 Å². The maximum absolute atomic E-state index is 11.4. The minimum atomic E-state index is -0.629. The highest BCUT2D eigenvalue weighted by Crippen LogP contribution is 2.19. The number of esters is 1.